The Morgan fingerprint density at radius 3 is 1.67 bits per heavy atom. The summed E-state index contributed by atoms with van der Waals surface area (Å²) in [7, 11) is 0. The zero-order valence-corrected chi connectivity index (χ0v) is 27.4. The average molecular weight is 653 g/mol. The topological polar surface area (TPSA) is 64.7 Å². The molecule has 51 heavy (non-hydrogen) atoms. The Balaban J connectivity index is 1.15. The summed E-state index contributed by atoms with van der Waals surface area (Å²) in [5, 5.41) is 5.56. The number of furan rings is 1. The van der Waals surface area contributed by atoms with Crippen LogP contribution in [-0.2, 0) is 0 Å². The van der Waals surface area contributed by atoms with Gasteiger partial charge >= 0.3 is 0 Å². The summed E-state index contributed by atoms with van der Waals surface area (Å²) in [6.07, 6.45) is 0. The molecule has 7 aromatic carbocycles. The van der Waals surface area contributed by atoms with Gasteiger partial charge in [0.1, 0.15) is 11.3 Å². The van der Waals surface area contributed by atoms with Crippen molar-refractivity contribution in [2.24, 2.45) is 0 Å². The van der Waals surface area contributed by atoms with E-state index in [1.54, 1.807) is 0 Å². The van der Waals surface area contributed by atoms with E-state index < -0.39 is 0 Å². The molecule has 5 heteroatoms. The summed E-state index contributed by atoms with van der Waals surface area (Å²) in [5.41, 5.74) is 9.21. The molecule has 0 saturated heterocycles. The normalized spacial score (nSPS) is 11.5. The van der Waals surface area contributed by atoms with Gasteiger partial charge in [-0.05, 0) is 40.1 Å². The number of aromatic nitrogens is 4. The minimum Gasteiger partial charge on any atom is -0.454 e. The lowest BCUT2D eigenvalue weighted by atomic mass is 9.98. The number of hydrogen-bond acceptors (Lipinski definition) is 5. The van der Waals surface area contributed by atoms with Crippen molar-refractivity contribution in [3.05, 3.63) is 170 Å². The van der Waals surface area contributed by atoms with Crippen LogP contribution in [0.15, 0.2) is 174 Å². The van der Waals surface area contributed by atoms with Crippen LogP contribution in [0.1, 0.15) is 0 Å². The van der Waals surface area contributed by atoms with Gasteiger partial charge in [-0.2, -0.15) is 0 Å². The van der Waals surface area contributed by atoms with Crippen LogP contribution >= 0.6 is 0 Å². The fraction of sp³-hybridized carbons (Fsp3) is 0. The predicted molar refractivity (Wildman–Crippen MR) is 207 cm³/mol. The lowest BCUT2D eigenvalue weighted by molar-refractivity contribution is 0.669. The second-order valence-corrected chi connectivity index (χ2v) is 12.6. The maximum atomic E-state index is 6.63. The largest absolute Gasteiger partial charge is 0.454 e. The highest BCUT2D eigenvalue weighted by molar-refractivity contribution is 6.27. The van der Waals surface area contributed by atoms with E-state index in [0.717, 1.165) is 77.3 Å². The lowest BCUT2D eigenvalue weighted by Gasteiger charge is -2.11. The molecular formula is C46H28N4O. The lowest BCUT2D eigenvalue weighted by Crippen LogP contribution is -2.00. The molecule has 0 atom stereocenters. The van der Waals surface area contributed by atoms with Gasteiger partial charge in [0.05, 0.1) is 5.52 Å². The van der Waals surface area contributed by atoms with Gasteiger partial charge in [-0.15, -0.1) is 0 Å². The molecule has 3 aromatic heterocycles. The van der Waals surface area contributed by atoms with Gasteiger partial charge in [0.2, 0.25) is 0 Å². The van der Waals surface area contributed by atoms with E-state index in [-0.39, 0.29) is 0 Å². The van der Waals surface area contributed by atoms with Gasteiger partial charge < -0.3 is 4.42 Å². The van der Waals surface area contributed by atoms with E-state index in [1.165, 1.54) is 5.39 Å². The standard InChI is InChI=1S/C46H28N4O/c1-3-12-29(13-4-1)30-22-24-33(25-23-30)45-48-44(32-15-5-2-6-16-32)49-46(50-45)35-18-11-17-34(28-35)42-43-41(37-20-9-10-21-39(37)51-43)40-36-19-8-7-14-31(36)26-27-38(40)47-42/h1-28H. The molecule has 0 unspecified atom stereocenters. The third kappa shape index (κ3) is 5.03. The fourth-order valence-electron chi connectivity index (χ4n) is 7.04. The number of para-hydroxylation sites is 1. The highest BCUT2D eigenvalue weighted by atomic mass is 16.3. The highest BCUT2D eigenvalue weighted by Gasteiger charge is 2.20. The van der Waals surface area contributed by atoms with Crippen LogP contribution in [0.2, 0.25) is 0 Å². The molecule has 0 aliphatic heterocycles. The molecule has 0 spiro atoms. The second-order valence-electron chi connectivity index (χ2n) is 12.6. The van der Waals surface area contributed by atoms with Gasteiger partial charge in [0.25, 0.3) is 0 Å². The van der Waals surface area contributed by atoms with Crippen LogP contribution in [0.3, 0.4) is 0 Å². The van der Waals surface area contributed by atoms with Gasteiger partial charge in [0.15, 0.2) is 23.1 Å². The van der Waals surface area contributed by atoms with E-state index in [9.17, 15) is 0 Å². The highest BCUT2D eigenvalue weighted by Crippen LogP contribution is 2.42. The van der Waals surface area contributed by atoms with Gasteiger partial charge in [0, 0.05) is 38.4 Å². The number of hydrogen-bond donors (Lipinski definition) is 0. The van der Waals surface area contributed by atoms with Gasteiger partial charge in [-0.3, -0.25) is 0 Å². The fourth-order valence-corrected chi connectivity index (χ4v) is 7.04. The summed E-state index contributed by atoms with van der Waals surface area (Å²) in [6, 6.07) is 58.0. The third-order valence-electron chi connectivity index (χ3n) is 9.51. The van der Waals surface area contributed by atoms with Crippen molar-refractivity contribution in [2.75, 3.05) is 0 Å². The Morgan fingerprint density at radius 2 is 0.902 bits per heavy atom. The van der Waals surface area contributed by atoms with E-state index in [0.29, 0.717) is 17.5 Å². The summed E-state index contributed by atoms with van der Waals surface area (Å²) in [5.74, 6) is 1.81. The summed E-state index contributed by atoms with van der Waals surface area (Å²) < 4.78 is 6.63. The molecule has 0 amide bonds. The third-order valence-corrected chi connectivity index (χ3v) is 9.51. The van der Waals surface area contributed by atoms with Crippen LogP contribution in [0.25, 0.3) is 100 Å². The smallest absolute Gasteiger partial charge is 0.164 e. The number of pyridine rings is 1. The van der Waals surface area contributed by atoms with Crippen molar-refractivity contribution in [3.8, 4) is 56.5 Å². The number of fused-ring (bicyclic) bond motifs is 7. The summed E-state index contributed by atoms with van der Waals surface area (Å²) in [6.45, 7) is 0. The summed E-state index contributed by atoms with van der Waals surface area (Å²) >= 11 is 0. The zero-order chi connectivity index (χ0) is 33.7. The minimum absolute atomic E-state index is 0.584. The van der Waals surface area contributed by atoms with E-state index in [4.69, 9.17) is 24.4 Å². The molecule has 0 radical (unpaired) electrons. The maximum Gasteiger partial charge on any atom is 0.164 e. The molecule has 0 saturated carbocycles. The molecule has 0 fully saturated rings. The van der Waals surface area contributed by atoms with Crippen LogP contribution < -0.4 is 0 Å². The molecule has 0 N–H and O–H groups in total. The van der Waals surface area contributed by atoms with Crippen LogP contribution in [-0.4, -0.2) is 19.9 Å². The minimum atomic E-state index is 0.584. The number of rotatable bonds is 5. The Labute approximate surface area is 293 Å². The predicted octanol–water partition coefficient (Wildman–Crippen LogP) is 11.8. The van der Waals surface area contributed by atoms with Crippen LogP contribution in [0.5, 0.6) is 0 Å². The molecule has 0 aliphatic carbocycles. The molecule has 10 aromatic rings. The van der Waals surface area contributed by atoms with E-state index in [1.807, 2.05) is 60.7 Å². The Hall–Kier alpha value is -6.98. The van der Waals surface area contributed by atoms with Gasteiger partial charge in [-0.1, -0.05) is 152 Å². The second kappa shape index (κ2) is 11.9. The van der Waals surface area contributed by atoms with Crippen LogP contribution in [0.4, 0.5) is 0 Å². The SMILES string of the molecule is c1ccc(-c2ccc(-c3nc(-c4ccccc4)nc(-c4cccc(-c5nc6ccc7ccccc7c6c6c5oc5ccccc56)c4)n3)cc2)cc1. The summed E-state index contributed by atoms with van der Waals surface area (Å²) in [4.78, 5) is 20.3. The van der Waals surface area contributed by atoms with Crippen LogP contribution in [0, 0.1) is 0 Å². The first-order chi connectivity index (χ1) is 25.3. The quantitative estimate of drug-likeness (QED) is 0.173. The van der Waals surface area contributed by atoms with Crippen molar-refractivity contribution < 1.29 is 4.42 Å². The molecule has 5 nitrogen and oxygen atoms in total. The molecule has 0 bridgehead atoms. The van der Waals surface area contributed by atoms with E-state index >= 15 is 0 Å². The number of benzene rings is 7. The Bertz CT molecular complexity index is 2900. The van der Waals surface area contributed by atoms with Crippen molar-refractivity contribution >= 4 is 43.6 Å². The molecule has 3 heterocycles. The molecular weight excluding hydrogens is 625 g/mol. The van der Waals surface area contributed by atoms with Crippen molar-refractivity contribution in [1.82, 2.24) is 19.9 Å². The van der Waals surface area contributed by atoms with E-state index in [2.05, 4.69) is 109 Å². The molecule has 0 aliphatic rings. The Morgan fingerprint density at radius 1 is 0.353 bits per heavy atom. The monoisotopic (exact) mass is 652 g/mol. The zero-order valence-electron chi connectivity index (χ0n) is 27.4. The first kappa shape index (κ1) is 29.0. The van der Waals surface area contributed by atoms with Crippen molar-refractivity contribution in [3.63, 3.8) is 0 Å². The van der Waals surface area contributed by atoms with Crippen molar-refractivity contribution in [1.29, 1.82) is 0 Å². The average Bonchev–Trinajstić information content (AvgIpc) is 3.61. The number of nitrogens with zero attached hydrogens (tertiary/aromatic N) is 4. The van der Waals surface area contributed by atoms with Crippen molar-refractivity contribution in [2.45, 2.75) is 0 Å². The first-order valence-corrected chi connectivity index (χ1v) is 17.0. The van der Waals surface area contributed by atoms with Gasteiger partial charge in [-0.25, -0.2) is 19.9 Å². The first-order valence-electron chi connectivity index (χ1n) is 17.0. The molecule has 10 rings (SSSR count). The Kier molecular flexibility index (Phi) is 6.74. The maximum absolute atomic E-state index is 6.63. The molecule has 238 valence electrons.